The quantitative estimate of drug-likeness (QED) is 0.385. The van der Waals surface area contributed by atoms with E-state index in [2.05, 4.69) is 26.0 Å². The van der Waals surface area contributed by atoms with Gasteiger partial charge in [-0.25, -0.2) is 4.98 Å². The predicted octanol–water partition coefficient (Wildman–Crippen LogP) is 3.58. The summed E-state index contributed by atoms with van der Waals surface area (Å²) in [7, 11) is 1.48. The predicted molar refractivity (Wildman–Crippen MR) is 130 cm³/mol. The molecule has 1 aromatic heterocycles. The monoisotopic (exact) mass is 506 g/mol. The van der Waals surface area contributed by atoms with E-state index in [0.717, 1.165) is 5.56 Å². The van der Waals surface area contributed by atoms with Gasteiger partial charge in [-0.2, -0.15) is 9.78 Å². The third-order valence-corrected chi connectivity index (χ3v) is 5.31. The molecule has 9 heteroatoms. The van der Waals surface area contributed by atoms with Gasteiger partial charge in [0.2, 0.25) is 0 Å². The lowest BCUT2D eigenvalue weighted by molar-refractivity contribution is -0.119. The number of fused-ring (bicyclic) bond motifs is 1. The summed E-state index contributed by atoms with van der Waals surface area (Å²) in [5.74, 6) is 0.525. The average Bonchev–Trinajstić information content (AvgIpc) is 2.82. The minimum Gasteiger partial charge on any atom is -0.493 e. The molecule has 0 spiro atoms. The molecule has 0 saturated carbocycles. The van der Waals surface area contributed by atoms with E-state index in [4.69, 9.17) is 15.2 Å². The molecular formula is C24H19BrN4O4. The number of primary amides is 1. The number of ether oxygens (including phenoxy) is 2. The Morgan fingerprint density at radius 2 is 1.88 bits per heavy atom. The Balaban J connectivity index is 1.81. The number of rotatable bonds is 7. The van der Waals surface area contributed by atoms with E-state index in [9.17, 15) is 9.59 Å². The van der Waals surface area contributed by atoms with Crippen molar-refractivity contribution in [3.63, 3.8) is 0 Å². The van der Waals surface area contributed by atoms with Gasteiger partial charge >= 0.3 is 0 Å². The van der Waals surface area contributed by atoms with Gasteiger partial charge in [0.05, 0.1) is 28.7 Å². The lowest BCUT2D eigenvalue weighted by Gasteiger charge is -2.12. The summed E-state index contributed by atoms with van der Waals surface area (Å²) in [6.07, 6.45) is 1.52. The molecule has 33 heavy (non-hydrogen) atoms. The number of carbonyl (C=O) groups is 1. The van der Waals surface area contributed by atoms with E-state index in [1.54, 1.807) is 30.3 Å². The largest absolute Gasteiger partial charge is 0.493 e. The van der Waals surface area contributed by atoms with Crippen LogP contribution in [0.5, 0.6) is 11.5 Å². The summed E-state index contributed by atoms with van der Waals surface area (Å²) in [4.78, 5) is 29.0. The highest BCUT2D eigenvalue weighted by Crippen LogP contribution is 2.36. The van der Waals surface area contributed by atoms with Crippen molar-refractivity contribution in [1.29, 1.82) is 0 Å². The maximum Gasteiger partial charge on any atom is 0.282 e. The maximum absolute atomic E-state index is 13.2. The fraction of sp³-hybridized carbons (Fsp3) is 0.0833. The number of amides is 1. The van der Waals surface area contributed by atoms with Crippen molar-refractivity contribution in [2.45, 2.75) is 0 Å². The van der Waals surface area contributed by atoms with Crippen LogP contribution in [0.15, 0.2) is 81.1 Å². The van der Waals surface area contributed by atoms with Crippen LogP contribution in [0.4, 0.5) is 0 Å². The second-order valence-corrected chi connectivity index (χ2v) is 7.82. The fourth-order valence-electron chi connectivity index (χ4n) is 3.23. The van der Waals surface area contributed by atoms with Crippen LogP contribution >= 0.6 is 15.9 Å². The molecule has 3 aromatic carbocycles. The molecule has 1 heterocycles. The molecule has 4 aromatic rings. The zero-order valence-electron chi connectivity index (χ0n) is 17.6. The summed E-state index contributed by atoms with van der Waals surface area (Å²) in [5, 5.41) is 4.91. The molecule has 1 amide bonds. The Morgan fingerprint density at radius 1 is 1.15 bits per heavy atom. The van der Waals surface area contributed by atoms with Crippen LogP contribution in [0, 0.1) is 0 Å². The molecule has 0 aliphatic carbocycles. The van der Waals surface area contributed by atoms with Gasteiger partial charge in [0.1, 0.15) is 0 Å². The number of para-hydroxylation sites is 1. The van der Waals surface area contributed by atoms with E-state index in [1.165, 1.54) is 18.0 Å². The Kier molecular flexibility index (Phi) is 6.50. The molecule has 4 rings (SSSR count). The van der Waals surface area contributed by atoms with Crippen molar-refractivity contribution >= 4 is 39.0 Å². The highest BCUT2D eigenvalue weighted by atomic mass is 79.9. The second kappa shape index (κ2) is 9.66. The Labute approximate surface area is 197 Å². The van der Waals surface area contributed by atoms with Crippen molar-refractivity contribution in [2.24, 2.45) is 10.8 Å². The van der Waals surface area contributed by atoms with Crippen LogP contribution in [0.1, 0.15) is 5.56 Å². The van der Waals surface area contributed by atoms with Crippen molar-refractivity contribution in [2.75, 3.05) is 13.7 Å². The zero-order valence-corrected chi connectivity index (χ0v) is 19.2. The molecule has 0 radical (unpaired) electrons. The zero-order chi connectivity index (χ0) is 23.4. The first-order chi connectivity index (χ1) is 16.0. The van der Waals surface area contributed by atoms with Gasteiger partial charge in [-0.05, 0) is 45.8 Å². The van der Waals surface area contributed by atoms with Crippen molar-refractivity contribution in [3.05, 3.63) is 87.1 Å². The molecule has 8 nitrogen and oxygen atoms in total. The SMILES string of the molecule is COc1cc(C=Nn2c(-c3ccccc3)nc3ccccc3c2=O)cc(Br)c1OCC(N)=O. The standard InChI is InChI=1S/C24H19BrN4O4/c1-32-20-12-15(11-18(25)22(20)33-14-21(26)30)13-27-29-23(16-7-3-2-4-8-16)28-19-10-6-5-9-17(19)24(29)31/h2-13H,14H2,1H3,(H2,26,30). The number of methoxy groups -OCH3 is 1. The number of halogens is 1. The third-order valence-electron chi connectivity index (χ3n) is 4.72. The third kappa shape index (κ3) is 4.78. The van der Waals surface area contributed by atoms with Crippen LogP contribution in [-0.2, 0) is 4.79 Å². The van der Waals surface area contributed by atoms with Gasteiger partial charge in [0, 0.05) is 5.56 Å². The lowest BCUT2D eigenvalue weighted by atomic mass is 10.2. The number of aromatic nitrogens is 2. The van der Waals surface area contributed by atoms with Gasteiger partial charge in [-0.15, -0.1) is 0 Å². The Bertz CT molecular complexity index is 1420. The molecule has 0 aliphatic rings. The number of nitrogens with zero attached hydrogens (tertiary/aromatic N) is 3. The molecule has 0 atom stereocenters. The molecule has 0 fully saturated rings. The maximum atomic E-state index is 13.2. The van der Waals surface area contributed by atoms with Crippen molar-refractivity contribution in [1.82, 2.24) is 9.66 Å². The van der Waals surface area contributed by atoms with Crippen LogP contribution in [-0.4, -0.2) is 35.5 Å². The van der Waals surface area contributed by atoms with Crippen LogP contribution < -0.4 is 20.8 Å². The molecule has 166 valence electrons. The summed E-state index contributed by atoms with van der Waals surface area (Å²) in [6, 6.07) is 19.9. The fourth-order valence-corrected chi connectivity index (χ4v) is 3.80. The first kappa shape index (κ1) is 22.2. The highest BCUT2D eigenvalue weighted by Gasteiger charge is 2.14. The molecule has 2 N–H and O–H groups in total. The topological polar surface area (TPSA) is 109 Å². The first-order valence-electron chi connectivity index (χ1n) is 9.88. The second-order valence-electron chi connectivity index (χ2n) is 6.97. The molecule has 0 aliphatic heterocycles. The smallest absolute Gasteiger partial charge is 0.282 e. The minimum absolute atomic E-state index is 0.289. The highest BCUT2D eigenvalue weighted by molar-refractivity contribution is 9.10. The minimum atomic E-state index is -0.605. The van der Waals surface area contributed by atoms with Crippen LogP contribution in [0.2, 0.25) is 0 Å². The summed E-state index contributed by atoms with van der Waals surface area (Å²) in [5.41, 5.74) is 6.85. The number of benzene rings is 3. The van der Waals surface area contributed by atoms with Gasteiger partial charge in [0.15, 0.2) is 23.9 Å². The van der Waals surface area contributed by atoms with E-state index in [1.807, 2.05) is 36.4 Å². The van der Waals surface area contributed by atoms with E-state index in [-0.39, 0.29) is 12.2 Å². The summed E-state index contributed by atoms with van der Waals surface area (Å²) < 4.78 is 12.6. The van der Waals surface area contributed by atoms with Crippen molar-refractivity contribution < 1.29 is 14.3 Å². The van der Waals surface area contributed by atoms with Crippen LogP contribution in [0.3, 0.4) is 0 Å². The number of hydrogen-bond acceptors (Lipinski definition) is 6. The number of carbonyl (C=O) groups excluding carboxylic acids is 1. The normalized spacial score (nSPS) is 11.1. The van der Waals surface area contributed by atoms with E-state index < -0.39 is 5.91 Å². The van der Waals surface area contributed by atoms with Gasteiger partial charge in [0.25, 0.3) is 11.5 Å². The summed E-state index contributed by atoms with van der Waals surface area (Å²) >= 11 is 3.41. The lowest BCUT2D eigenvalue weighted by Crippen LogP contribution is -2.20. The van der Waals surface area contributed by atoms with Crippen molar-refractivity contribution in [3.8, 4) is 22.9 Å². The average molecular weight is 507 g/mol. The molecule has 0 unspecified atom stereocenters. The van der Waals surface area contributed by atoms with Gasteiger partial charge in [-0.1, -0.05) is 42.5 Å². The van der Waals surface area contributed by atoms with Gasteiger partial charge in [-0.3, -0.25) is 9.59 Å². The molecule has 0 saturated heterocycles. The van der Waals surface area contributed by atoms with E-state index >= 15 is 0 Å². The van der Waals surface area contributed by atoms with E-state index in [0.29, 0.717) is 38.3 Å². The molecular weight excluding hydrogens is 488 g/mol. The van der Waals surface area contributed by atoms with Crippen LogP contribution in [0.25, 0.3) is 22.3 Å². The summed E-state index contributed by atoms with van der Waals surface area (Å²) in [6.45, 7) is -0.291. The first-order valence-corrected chi connectivity index (χ1v) is 10.7. The number of hydrogen-bond donors (Lipinski definition) is 1. The Hall–Kier alpha value is -3.98. The Morgan fingerprint density at radius 3 is 2.61 bits per heavy atom. The van der Waals surface area contributed by atoms with Gasteiger partial charge < -0.3 is 15.2 Å². The number of nitrogens with two attached hydrogens (primary N) is 1. The molecule has 0 bridgehead atoms.